The first-order chi connectivity index (χ1) is 10.0. The predicted molar refractivity (Wildman–Crippen MR) is 70.6 cm³/mol. The van der Waals surface area contributed by atoms with Gasteiger partial charge in [0.25, 0.3) is 0 Å². The summed E-state index contributed by atoms with van der Waals surface area (Å²) in [5.41, 5.74) is 0.318. The smallest absolute Gasteiger partial charge is 0.339 e. The SMILES string of the molecule is COc1ccc(OCc2ccc(F)c(F)c2)c(C(=O)O)c1. The van der Waals surface area contributed by atoms with Gasteiger partial charge < -0.3 is 14.6 Å². The van der Waals surface area contributed by atoms with Crippen molar-refractivity contribution >= 4 is 5.97 Å². The quantitative estimate of drug-likeness (QED) is 0.919. The molecule has 0 heterocycles. The zero-order chi connectivity index (χ0) is 15.4. The largest absolute Gasteiger partial charge is 0.497 e. The number of aromatic carboxylic acids is 1. The Bertz CT molecular complexity index is 671. The van der Waals surface area contributed by atoms with E-state index in [0.29, 0.717) is 11.3 Å². The molecular weight excluding hydrogens is 282 g/mol. The molecule has 1 N–H and O–H groups in total. The van der Waals surface area contributed by atoms with Crippen LogP contribution in [-0.2, 0) is 6.61 Å². The van der Waals surface area contributed by atoms with Crippen molar-refractivity contribution in [3.8, 4) is 11.5 Å². The molecule has 0 bridgehead atoms. The molecule has 0 amide bonds. The van der Waals surface area contributed by atoms with Crippen LogP contribution in [0.3, 0.4) is 0 Å². The molecule has 21 heavy (non-hydrogen) atoms. The molecule has 0 saturated carbocycles. The summed E-state index contributed by atoms with van der Waals surface area (Å²) in [6.45, 7) is -0.0796. The summed E-state index contributed by atoms with van der Waals surface area (Å²) in [6, 6.07) is 7.67. The van der Waals surface area contributed by atoms with Crippen molar-refractivity contribution in [2.45, 2.75) is 6.61 Å². The molecule has 0 aliphatic carbocycles. The summed E-state index contributed by atoms with van der Waals surface area (Å²) in [6.07, 6.45) is 0. The standard InChI is InChI=1S/C15H12F2O4/c1-20-10-3-5-14(11(7-10)15(18)19)21-8-9-2-4-12(16)13(17)6-9/h2-7H,8H2,1H3,(H,18,19). The lowest BCUT2D eigenvalue weighted by atomic mass is 10.2. The van der Waals surface area contributed by atoms with Crippen molar-refractivity contribution in [2.75, 3.05) is 7.11 Å². The Morgan fingerprint density at radius 1 is 1.14 bits per heavy atom. The Kier molecular flexibility index (Phi) is 4.37. The van der Waals surface area contributed by atoms with E-state index in [1.54, 1.807) is 6.07 Å². The van der Waals surface area contributed by atoms with Crippen molar-refractivity contribution in [3.63, 3.8) is 0 Å². The fraction of sp³-hybridized carbons (Fsp3) is 0.133. The lowest BCUT2D eigenvalue weighted by Gasteiger charge is -2.10. The van der Waals surface area contributed by atoms with Crippen LogP contribution in [0.2, 0.25) is 0 Å². The van der Waals surface area contributed by atoms with Crippen molar-refractivity contribution in [1.82, 2.24) is 0 Å². The minimum atomic E-state index is -1.17. The summed E-state index contributed by atoms with van der Waals surface area (Å²) < 4.78 is 36.2. The normalized spacial score (nSPS) is 10.2. The minimum absolute atomic E-state index is 0.0723. The second kappa shape index (κ2) is 6.21. The molecule has 0 radical (unpaired) electrons. The summed E-state index contributed by atoms with van der Waals surface area (Å²) in [4.78, 5) is 11.2. The second-order valence-corrected chi connectivity index (χ2v) is 4.20. The molecule has 0 atom stereocenters. The van der Waals surface area contributed by atoms with E-state index in [9.17, 15) is 13.6 Å². The Labute approximate surface area is 119 Å². The first-order valence-electron chi connectivity index (χ1n) is 5.99. The number of benzene rings is 2. The van der Waals surface area contributed by atoms with Crippen LogP contribution in [0.15, 0.2) is 36.4 Å². The van der Waals surface area contributed by atoms with E-state index in [1.807, 2.05) is 0 Å². The summed E-state index contributed by atoms with van der Waals surface area (Å²) in [7, 11) is 1.42. The average Bonchev–Trinajstić information content (AvgIpc) is 2.48. The van der Waals surface area contributed by atoms with E-state index in [-0.39, 0.29) is 17.9 Å². The van der Waals surface area contributed by atoms with Gasteiger partial charge in [-0.2, -0.15) is 0 Å². The average molecular weight is 294 g/mol. The molecule has 0 aliphatic heterocycles. The number of ether oxygens (including phenoxy) is 2. The van der Waals surface area contributed by atoms with E-state index in [1.165, 1.54) is 25.3 Å². The Balaban J connectivity index is 2.19. The van der Waals surface area contributed by atoms with Crippen LogP contribution in [0.1, 0.15) is 15.9 Å². The van der Waals surface area contributed by atoms with Crippen LogP contribution in [0.5, 0.6) is 11.5 Å². The predicted octanol–water partition coefficient (Wildman–Crippen LogP) is 3.25. The topological polar surface area (TPSA) is 55.8 Å². The summed E-state index contributed by atoms with van der Waals surface area (Å²) in [5.74, 6) is -2.60. The molecular formula is C15H12F2O4. The van der Waals surface area contributed by atoms with E-state index >= 15 is 0 Å². The van der Waals surface area contributed by atoms with Gasteiger partial charge in [-0.25, -0.2) is 13.6 Å². The van der Waals surface area contributed by atoms with Crippen molar-refractivity contribution < 1.29 is 28.2 Å². The van der Waals surface area contributed by atoms with E-state index in [2.05, 4.69) is 0 Å². The number of carboxylic acids is 1. The highest BCUT2D eigenvalue weighted by molar-refractivity contribution is 5.91. The van der Waals surface area contributed by atoms with Gasteiger partial charge in [0.15, 0.2) is 11.6 Å². The molecule has 2 rings (SSSR count). The molecule has 0 saturated heterocycles. The molecule has 0 unspecified atom stereocenters. The zero-order valence-electron chi connectivity index (χ0n) is 11.1. The highest BCUT2D eigenvalue weighted by atomic mass is 19.2. The molecule has 2 aromatic rings. The minimum Gasteiger partial charge on any atom is -0.497 e. The van der Waals surface area contributed by atoms with Gasteiger partial charge in [-0.1, -0.05) is 6.07 Å². The molecule has 0 spiro atoms. The number of methoxy groups -OCH3 is 1. The fourth-order valence-corrected chi connectivity index (χ4v) is 1.72. The van der Waals surface area contributed by atoms with Crippen LogP contribution in [0.25, 0.3) is 0 Å². The van der Waals surface area contributed by atoms with Crippen molar-refractivity contribution in [1.29, 1.82) is 0 Å². The van der Waals surface area contributed by atoms with Crippen LogP contribution < -0.4 is 9.47 Å². The molecule has 4 nitrogen and oxygen atoms in total. The molecule has 6 heteroatoms. The fourth-order valence-electron chi connectivity index (χ4n) is 1.72. The third-order valence-corrected chi connectivity index (χ3v) is 2.80. The Morgan fingerprint density at radius 2 is 1.90 bits per heavy atom. The second-order valence-electron chi connectivity index (χ2n) is 4.20. The molecule has 0 aliphatic rings. The highest BCUT2D eigenvalue weighted by Gasteiger charge is 2.13. The van der Waals surface area contributed by atoms with Gasteiger partial charge in [0.05, 0.1) is 7.11 Å². The van der Waals surface area contributed by atoms with Crippen LogP contribution in [-0.4, -0.2) is 18.2 Å². The van der Waals surface area contributed by atoms with E-state index < -0.39 is 17.6 Å². The molecule has 2 aromatic carbocycles. The Hall–Kier alpha value is -2.63. The van der Waals surface area contributed by atoms with Gasteiger partial charge in [-0.3, -0.25) is 0 Å². The molecule has 110 valence electrons. The van der Waals surface area contributed by atoms with Gasteiger partial charge in [-0.05, 0) is 35.9 Å². The van der Waals surface area contributed by atoms with Crippen molar-refractivity contribution in [2.24, 2.45) is 0 Å². The molecule has 0 aromatic heterocycles. The van der Waals surface area contributed by atoms with Gasteiger partial charge in [0.1, 0.15) is 23.7 Å². The van der Waals surface area contributed by atoms with E-state index in [4.69, 9.17) is 14.6 Å². The summed E-state index contributed by atoms with van der Waals surface area (Å²) >= 11 is 0. The molecule has 0 fully saturated rings. The van der Waals surface area contributed by atoms with E-state index in [0.717, 1.165) is 12.1 Å². The third kappa shape index (κ3) is 3.47. The number of carbonyl (C=O) groups is 1. The first kappa shape index (κ1) is 14.8. The maximum absolute atomic E-state index is 13.1. The monoisotopic (exact) mass is 294 g/mol. The number of halogens is 2. The first-order valence-corrected chi connectivity index (χ1v) is 5.99. The lowest BCUT2D eigenvalue weighted by Crippen LogP contribution is -2.04. The van der Waals surface area contributed by atoms with Gasteiger partial charge in [0, 0.05) is 0 Å². The van der Waals surface area contributed by atoms with Crippen molar-refractivity contribution in [3.05, 3.63) is 59.2 Å². The van der Waals surface area contributed by atoms with Crippen LogP contribution in [0, 0.1) is 11.6 Å². The zero-order valence-corrected chi connectivity index (χ0v) is 11.1. The number of rotatable bonds is 5. The lowest BCUT2D eigenvalue weighted by molar-refractivity contribution is 0.0691. The van der Waals surface area contributed by atoms with Crippen LogP contribution in [0.4, 0.5) is 8.78 Å². The number of carboxylic acid groups (broad SMARTS) is 1. The Morgan fingerprint density at radius 3 is 2.52 bits per heavy atom. The van der Waals surface area contributed by atoms with Gasteiger partial charge in [0.2, 0.25) is 0 Å². The van der Waals surface area contributed by atoms with Gasteiger partial charge in [-0.15, -0.1) is 0 Å². The highest BCUT2D eigenvalue weighted by Crippen LogP contribution is 2.25. The number of hydrogen-bond donors (Lipinski definition) is 1. The maximum atomic E-state index is 13.1. The summed E-state index contributed by atoms with van der Waals surface area (Å²) in [5, 5.41) is 9.12. The van der Waals surface area contributed by atoms with Crippen LogP contribution >= 0.6 is 0 Å². The maximum Gasteiger partial charge on any atom is 0.339 e. The number of hydrogen-bond acceptors (Lipinski definition) is 3. The van der Waals surface area contributed by atoms with Gasteiger partial charge >= 0.3 is 5.97 Å². The third-order valence-electron chi connectivity index (χ3n) is 2.80.